The fourth-order valence-electron chi connectivity index (χ4n) is 1.88. The number of esters is 1. The molecule has 0 radical (unpaired) electrons. The third-order valence-corrected chi connectivity index (χ3v) is 3.10. The highest BCUT2D eigenvalue weighted by atomic mass is 16.5. The number of hydrogen-bond acceptors (Lipinski definition) is 7. The SMILES string of the molecule is COC(=O)c1coc(-c2cc[n+](O)c(OCCCCCO)c2)n1. The first-order chi connectivity index (χ1) is 11.2. The predicted octanol–water partition coefficient (Wildman–Crippen LogP) is 1.19. The van der Waals surface area contributed by atoms with Crippen molar-refractivity contribution >= 4 is 5.97 Å². The van der Waals surface area contributed by atoms with Crippen LogP contribution in [0.3, 0.4) is 0 Å². The van der Waals surface area contributed by atoms with E-state index in [0.29, 0.717) is 12.2 Å². The van der Waals surface area contributed by atoms with Gasteiger partial charge in [0.2, 0.25) is 12.1 Å². The molecule has 0 amide bonds. The Bertz CT molecular complexity index is 655. The maximum absolute atomic E-state index is 11.4. The number of rotatable bonds is 8. The molecule has 0 aliphatic rings. The second kappa shape index (κ2) is 8.14. The van der Waals surface area contributed by atoms with E-state index in [0.717, 1.165) is 24.0 Å². The molecule has 0 aliphatic heterocycles. The average Bonchev–Trinajstić information content (AvgIpc) is 3.05. The lowest BCUT2D eigenvalue weighted by Crippen LogP contribution is -2.32. The van der Waals surface area contributed by atoms with Gasteiger partial charge in [-0.25, -0.2) is 9.78 Å². The molecule has 0 unspecified atom stereocenters. The zero-order chi connectivity index (χ0) is 16.7. The third kappa shape index (κ3) is 4.43. The molecule has 0 spiro atoms. The summed E-state index contributed by atoms with van der Waals surface area (Å²) in [5.41, 5.74) is 0.616. The number of unbranched alkanes of at least 4 members (excludes halogenated alkanes) is 2. The van der Waals surface area contributed by atoms with E-state index in [4.69, 9.17) is 14.3 Å². The van der Waals surface area contributed by atoms with Crippen molar-refractivity contribution in [2.24, 2.45) is 0 Å². The van der Waals surface area contributed by atoms with Crippen molar-refractivity contribution in [2.75, 3.05) is 20.3 Å². The molecule has 0 saturated carbocycles. The van der Waals surface area contributed by atoms with Crippen LogP contribution >= 0.6 is 0 Å². The molecule has 8 nitrogen and oxygen atoms in total. The summed E-state index contributed by atoms with van der Waals surface area (Å²) in [5.74, 6) is -0.144. The van der Waals surface area contributed by atoms with E-state index in [-0.39, 0.29) is 24.1 Å². The standard InChI is InChI=1S/C15H19N2O6/c1-21-15(19)12-10-23-14(16-12)11-5-6-17(20)13(9-11)22-8-4-2-3-7-18/h5-6,9-10,18,20H,2-4,7-8H2,1H3/q+1. The summed E-state index contributed by atoms with van der Waals surface area (Å²) in [6.45, 7) is 0.561. The minimum Gasteiger partial charge on any atom is -0.464 e. The number of aliphatic hydroxyl groups excluding tert-OH is 1. The summed E-state index contributed by atoms with van der Waals surface area (Å²) < 4.78 is 16.1. The smallest absolute Gasteiger partial charge is 0.417 e. The molecular weight excluding hydrogens is 304 g/mol. The van der Waals surface area contributed by atoms with Gasteiger partial charge >= 0.3 is 11.8 Å². The van der Waals surface area contributed by atoms with Crippen LogP contribution in [0.2, 0.25) is 0 Å². The van der Waals surface area contributed by atoms with Crippen LogP contribution in [0.1, 0.15) is 29.8 Å². The van der Waals surface area contributed by atoms with Gasteiger partial charge in [0.1, 0.15) is 6.26 Å². The Balaban J connectivity index is 2.07. The minimum absolute atomic E-state index is 0.0645. The van der Waals surface area contributed by atoms with Crippen LogP contribution in [-0.2, 0) is 4.74 Å². The first-order valence-corrected chi connectivity index (χ1v) is 7.18. The number of hydrogen-bond donors (Lipinski definition) is 2. The molecule has 23 heavy (non-hydrogen) atoms. The first-order valence-electron chi connectivity index (χ1n) is 7.18. The van der Waals surface area contributed by atoms with Crippen LogP contribution in [0.15, 0.2) is 29.0 Å². The molecule has 2 N–H and O–H groups in total. The number of nitrogens with zero attached hydrogens (tertiary/aromatic N) is 2. The van der Waals surface area contributed by atoms with Crippen molar-refractivity contribution in [2.45, 2.75) is 19.3 Å². The molecule has 0 aliphatic carbocycles. The van der Waals surface area contributed by atoms with E-state index in [1.165, 1.54) is 19.6 Å². The van der Waals surface area contributed by atoms with Crippen molar-refractivity contribution < 1.29 is 33.7 Å². The third-order valence-electron chi connectivity index (χ3n) is 3.10. The number of carbonyl (C=O) groups excluding carboxylic acids is 1. The molecule has 2 aromatic rings. The molecule has 2 rings (SSSR count). The van der Waals surface area contributed by atoms with Crippen molar-refractivity contribution in [3.63, 3.8) is 0 Å². The van der Waals surface area contributed by atoms with E-state index >= 15 is 0 Å². The Labute approximate surface area is 132 Å². The van der Waals surface area contributed by atoms with Gasteiger partial charge in [-0.3, -0.25) is 5.21 Å². The number of aromatic nitrogens is 2. The van der Waals surface area contributed by atoms with Gasteiger partial charge in [0.25, 0.3) is 0 Å². The lowest BCUT2D eigenvalue weighted by Gasteiger charge is -2.02. The van der Waals surface area contributed by atoms with Gasteiger partial charge in [0.05, 0.1) is 25.3 Å². The van der Waals surface area contributed by atoms with Crippen LogP contribution in [0.4, 0.5) is 0 Å². The topological polar surface area (TPSA) is 106 Å². The van der Waals surface area contributed by atoms with Gasteiger partial charge in [-0.2, -0.15) is 0 Å². The highest BCUT2D eigenvalue weighted by Crippen LogP contribution is 2.21. The van der Waals surface area contributed by atoms with Crippen molar-refractivity contribution in [1.29, 1.82) is 0 Å². The molecule has 0 bridgehead atoms. The number of oxazole rings is 1. The maximum atomic E-state index is 11.4. The zero-order valence-electron chi connectivity index (χ0n) is 12.8. The summed E-state index contributed by atoms with van der Waals surface area (Å²) >= 11 is 0. The molecular formula is C15H19N2O6+. The van der Waals surface area contributed by atoms with Gasteiger partial charge in [-0.1, -0.05) is 0 Å². The van der Waals surface area contributed by atoms with Gasteiger partial charge in [-0.15, -0.1) is 0 Å². The lowest BCUT2D eigenvalue weighted by molar-refractivity contribution is -0.906. The predicted molar refractivity (Wildman–Crippen MR) is 77.1 cm³/mol. The van der Waals surface area contributed by atoms with E-state index in [2.05, 4.69) is 9.72 Å². The van der Waals surface area contributed by atoms with Gasteiger partial charge in [0.15, 0.2) is 5.69 Å². The van der Waals surface area contributed by atoms with Gasteiger partial charge in [-0.05, 0) is 19.3 Å². The summed E-state index contributed by atoms with van der Waals surface area (Å²) in [6, 6.07) is 3.13. The largest absolute Gasteiger partial charge is 0.464 e. The van der Waals surface area contributed by atoms with Crippen LogP contribution in [-0.4, -0.2) is 41.6 Å². The fourth-order valence-corrected chi connectivity index (χ4v) is 1.88. The number of aliphatic hydroxyl groups is 1. The molecule has 0 aromatic carbocycles. The highest BCUT2D eigenvalue weighted by Gasteiger charge is 2.18. The molecule has 2 aromatic heterocycles. The molecule has 8 heteroatoms. The van der Waals surface area contributed by atoms with E-state index in [1.807, 2.05) is 0 Å². The highest BCUT2D eigenvalue weighted by molar-refractivity contribution is 5.87. The monoisotopic (exact) mass is 323 g/mol. The molecule has 2 heterocycles. The Morgan fingerprint density at radius 1 is 1.39 bits per heavy atom. The fraction of sp³-hybridized carbons (Fsp3) is 0.400. The number of pyridine rings is 1. The molecule has 0 fully saturated rings. The maximum Gasteiger partial charge on any atom is 0.417 e. The molecule has 0 atom stereocenters. The normalized spacial score (nSPS) is 10.5. The first kappa shape index (κ1) is 16.8. The Morgan fingerprint density at radius 3 is 2.96 bits per heavy atom. The van der Waals surface area contributed by atoms with Crippen LogP contribution < -0.4 is 9.47 Å². The van der Waals surface area contributed by atoms with Gasteiger partial charge < -0.3 is 19.0 Å². The van der Waals surface area contributed by atoms with Crippen molar-refractivity contribution in [3.8, 4) is 17.3 Å². The number of ether oxygens (including phenoxy) is 2. The van der Waals surface area contributed by atoms with E-state index in [1.54, 1.807) is 12.1 Å². The zero-order valence-corrected chi connectivity index (χ0v) is 12.8. The second-order valence-corrected chi connectivity index (χ2v) is 4.76. The summed E-state index contributed by atoms with van der Waals surface area (Å²) in [5, 5.41) is 18.5. The van der Waals surface area contributed by atoms with Gasteiger partial charge in [0, 0.05) is 17.4 Å². The Morgan fingerprint density at radius 2 is 2.22 bits per heavy atom. The van der Waals surface area contributed by atoms with Crippen LogP contribution in [0, 0.1) is 0 Å². The lowest BCUT2D eigenvalue weighted by atomic mass is 10.2. The van der Waals surface area contributed by atoms with E-state index in [9.17, 15) is 10.0 Å². The Kier molecular flexibility index (Phi) is 5.93. The minimum atomic E-state index is -0.589. The number of methoxy groups -OCH3 is 1. The van der Waals surface area contributed by atoms with Crippen LogP contribution in [0.25, 0.3) is 11.5 Å². The Hall–Kier alpha value is -2.61. The quantitative estimate of drug-likeness (QED) is 0.325. The van der Waals surface area contributed by atoms with Crippen LogP contribution in [0.5, 0.6) is 5.88 Å². The summed E-state index contributed by atoms with van der Waals surface area (Å²) in [6.07, 6.45) is 4.91. The summed E-state index contributed by atoms with van der Waals surface area (Å²) in [4.78, 5) is 15.4. The summed E-state index contributed by atoms with van der Waals surface area (Å²) in [7, 11) is 1.26. The average molecular weight is 323 g/mol. The second-order valence-electron chi connectivity index (χ2n) is 4.76. The van der Waals surface area contributed by atoms with Crippen molar-refractivity contribution in [3.05, 3.63) is 30.3 Å². The van der Waals surface area contributed by atoms with E-state index < -0.39 is 5.97 Å². The number of carbonyl (C=O) groups is 1. The van der Waals surface area contributed by atoms with Crippen molar-refractivity contribution in [1.82, 2.24) is 4.98 Å². The molecule has 124 valence electrons. The molecule has 0 saturated heterocycles.